The van der Waals surface area contributed by atoms with Crippen molar-refractivity contribution in [1.82, 2.24) is 39.7 Å². The molecule has 6 heterocycles. The molecule has 3 aliphatic rings. The summed E-state index contributed by atoms with van der Waals surface area (Å²) in [6, 6.07) is 64.5. The molecule has 3 N–H and O–H groups in total. The minimum atomic E-state index is -0.393. The summed E-state index contributed by atoms with van der Waals surface area (Å²) in [5.74, 6) is 4.48. The van der Waals surface area contributed by atoms with Crippen LogP contribution in [0.15, 0.2) is 218 Å². The molecule has 3 aromatic heterocycles. The number of nitrogens with zero attached hydrogens (tertiary/aromatic N) is 11. The van der Waals surface area contributed by atoms with Gasteiger partial charge in [0.25, 0.3) is 0 Å². The SMILES string of the molecule is CN1CCN(c2nc(-c3ccc(Oc4ccc(F)cc4)cc3)c3ccccc3n2)CC1.NC(=O)[C@@H]1CCCN1c1nc(-c2ccc(Oc3ccc(F)cc3)cc2)c2ccccc2n1.OCCN1CCN(c2nc(-c3ccc(Oc4ccc(F)cc4)cc3)c3ccccc3n2)CC1. The number of aliphatic hydroxyl groups excluding tert-OH is 1. The lowest BCUT2D eigenvalue weighted by Gasteiger charge is -2.34. The second kappa shape index (κ2) is 29.5. The topological polar surface area (TPSA) is 185 Å². The maximum atomic E-state index is 13.1. The Kier molecular flexibility index (Phi) is 19.6. The van der Waals surface area contributed by atoms with E-state index in [1.807, 2.05) is 144 Å². The number of carbonyl (C=O) groups is 1. The number of β-amino-alcohol motifs (C(OH)–C–C–N with tert-alkyl or cyclic N) is 1. The number of halogens is 3. The van der Waals surface area contributed by atoms with E-state index in [0.29, 0.717) is 60.0 Å². The molecule has 0 bridgehead atoms. The molecule has 3 fully saturated rings. The van der Waals surface area contributed by atoms with Crippen molar-refractivity contribution in [2.75, 3.05) is 93.8 Å². The second-order valence-corrected chi connectivity index (χ2v) is 23.5. The monoisotopic (exact) mass is 1290 g/mol. The third-order valence-corrected chi connectivity index (χ3v) is 17.0. The normalized spacial score (nSPS) is 15.0. The van der Waals surface area contributed by atoms with E-state index in [4.69, 9.17) is 49.8 Å². The highest BCUT2D eigenvalue weighted by Crippen LogP contribution is 2.36. The zero-order valence-corrected chi connectivity index (χ0v) is 52.8. The van der Waals surface area contributed by atoms with Crippen molar-refractivity contribution in [1.29, 1.82) is 0 Å². The number of amides is 1. The van der Waals surface area contributed by atoms with E-state index >= 15 is 0 Å². The molecule has 0 saturated carbocycles. The smallest absolute Gasteiger partial charge is 0.240 e. The first-order chi connectivity index (χ1) is 46.9. The number of nitrogens with two attached hydrogens (primary N) is 1. The molecule has 3 aliphatic heterocycles. The molecule has 1 amide bonds. The third-order valence-electron chi connectivity index (χ3n) is 17.0. The number of fused-ring (bicyclic) bond motifs is 3. The summed E-state index contributed by atoms with van der Waals surface area (Å²) in [7, 11) is 2.14. The van der Waals surface area contributed by atoms with Crippen molar-refractivity contribution in [3.05, 3.63) is 236 Å². The third kappa shape index (κ3) is 15.3. The summed E-state index contributed by atoms with van der Waals surface area (Å²) >= 11 is 0. The number of primary amides is 1. The van der Waals surface area contributed by atoms with E-state index in [0.717, 1.165) is 137 Å². The highest BCUT2D eigenvalue weighted by molar-refractivity contribution is 5.96. The summed E-state index contributed by atoms with van der Waals surface area (Å²) < 4.78 is 56.8. The van der Waals surface area contributed by atoms with Crippen LogP contribution >= 0.6 is 0 Å². The van der Waals surface area contributed by atoms with Gasteiger partial charge in [-0.05, 0) is 184 Å². The van der Waals surface area contributed by atoms with Gasteiger partial charge in [0.15, 0.2) is 0 Å². The molecule has 15 rings (SSSR count). The number of ether oxygens (including phenoxy) is 3. The van der Waals surface area contributed by atoms with Crippen molar-refractivity contribution in [3.63, 3.8) is 0 Å². The number of likely N-dealkylation sites (N-methyl/N-ethyl adjacent to an activating group) is 1. The number of anilines is 3. The fourth-order valence-corrected chi connectivity index (χ4v) is 11.8. The van der Waals surface area contributed by atoms with Crippen LogP contribution in [-0.4, -0.2) is 136 Å². The van der Waals surface area contributed by atoms with Crippen LogP contribution in [0.3, 0.4) is 0 Å². The number of aliphatic hydroxyl groups is 1. The Labute approximate surface area is 553 Å². The van der Waals surface area contributed by atoms with Gasteiger partial charge in [0.2, 0.25) is 23.8 Å². The number of benzene rings is 9. The molecule has 484 valence electrons. The number of aromatic nitrogens is 6. The Hall–Kier alpha value is -11.1. The molecule has 3 saturated heterocycles. The molecule has 0 radical (unpaired) electrons. The standard InChI is InChI=1S/C26H25FN4O2.C25H21FN4O2.C25H23FN4O/c27-20-7-11-22(12-8-20)33-21-9-5-19(6-10-21)25-23-3-1-2-4-24(23)28-26(29-25)31-15-13-30(14-16-31)17-18-32;26-17-9-13-19(14-10-17)32-18-11-7-16(8-12-18)23-20-4-1-2-5-21(20)28-25(29-23)30-15-3-6-22(30)24(27)31;1-29-14-16-30(17-15-29)25-27-23-5-3-2-4-22(23)24(28-25)18-6-10-20(11-7-18)31-21-12-8-19(26)9-13-21/h1-12,32H,13-18H2;1-2,4-5,7-14,22H,3,6,15H2,(H2,27,31);2-13H,14-17H2,1H3/t;22-;/m.0./s1. The molecular formula is C76H69F3N12O5. The fraction of sp³-hybridized carbons (Fsp3) is 0.197. The van der Waals surface area contributed by atoms with Crippen LogP contribution < -0.4 is 34.6 Å². The Morgan fingerprint density at radius 2 is 0.750 bits per heavy atom. The van der Waals surface area contributed by atoms with Crippen molar-refractivity contribution in [3.8, 4) is 68.3 Å². The van der Waals surface area contributed by atoms with Gasteiger partial charge in [-0.1, -0.05) is 54.6 Å². The van der Waals surface area contributed by atoms with Crippen LogP contribution in [0.4, 0.5) is 31.0 Å². The largest absolute Gasteiger partial charge is 0.457 e. The summed E-state index contributed by atoms with van der Waals surface area (Å²) in [6.45, 7) is 8.80. The summed E-state index contributed by atoms with van der Waals surface area (Å²) in [5.41, 5.74) is 13.7. The molecule has 0 spiro atoms. The van der Waals surface area contributed by atoms with Crippen LogP contribution in [0.25, 0.3) is 66.5 Å². The molecule has 12 aromatic rings. The van der Waals surface area contributed by atoms with Gasteiger partial charge in [0.05, 0.1) is 40.2 Å². The highest BCUT2D eigenvalue weighted by Gasteiger charge is 2.32. The predicted octanol–water partition coefficient (Wildman–Crippen LogP) is 14.0. The van der Waals surface area contributed by atoms with E-state index in [1.165, 1.54) is 36.4 Å². The minimum Gasteiger partial charge on any atom is -0.457 e. The zero-order chi connectivity index (χ0) is 65.9. The molecule has 17 nitrogen and oxygen atoms in total. The first-order valence-corrected chi connectivity index (χ1v) is 31.9. The Morgan fingerprint density at radius 3 is 1.10 bits per heavy atom. The maximum Gasteiger partial charge on any atom is 0.240 e. The summed E-state index contributed by atoms with van der Waals surface area (Å²) in [5, 5.41) is 12.1. The van der Waals surface area contributed by atoms with Crippen LogP contribution in [0.5, 0.6) is 34.5 Å². The Morgan fingerprint density at radius 1 is 0.427 bits per heavy atom. The van der Waals surface area contributed by atoms with Crippen LogP contribution in [-0.2, 0) is 4.79 Å². The fourth-order valence-electron chi connectivity index (χ4n) is 11.8. The molecule has 9 aromatic carbocycles. The molecule has 20 heteroatoms. The van der Waals surface area contributed by atoms with E-state index in [2.05, 4.69) is 32.7 Å². The quantitative estimate of drug-likeness (QED) is 0.0987. The number of rotatable bonds is 15. The summed E-state index contributed by atoms with van der Waals surface area (Å²) in [6.07, 6.45) is 1.57. The zero-order valence-electron chi connectivity index (χ0n) is 52.8. The van der Waals surface area contributed by atoms with Crippen molar-refractivity contribution < 1.29 is 37.3 Å². The van der Waals surface area contributed by atoms with Gasteiger partial charge in [-0.15, -0.1) is 0 Å². The molecule has 0 aliphatic carbocycles. The lowest BCUT2D eigenvalue weighted by Crippen LogP contribution is -2.47. The van der Waals surface area contributed by atoms with Gasteiger partial charge in [0, 0.05) is 98.3 Å². The van der Waals surface area contributed by atoms with Gasteiger partial charge in [-0.3, -0.25) is 9.69 Å². The van der Waals surface area contributed by atoms with Crippen molar-refractivity contribution in [2.24, 2.45) is 5.73 Å². The van der Waals surface area contributed by atoms with E-state index < -0.39 is 6.04 Å². The number of hydrogen-bond donors (Lipinski definition) is 2. The molecule has 96 heavy (non-hydrogen) atoms. The number of para-hydroxylation sites is 3. The number of hydrogen-bond acceptors (Lipinski definition) is 16. The first-order valence-electron chi connectivity index (χ1n) is 31.9. The number of carbonyl (C=O) groups excluding carboxylic acids is 1. The van der Waals surface area contributed by atoms with Gasteiger partial charge in [-0.2, -0.15) is 0 Å². The van der Waals surface area contributed by atoms with Gasteiger partial charge in [-0.25, -0.2) is 43.1 Å². The summed E-state index contributed by atoms with van der Waals surface area (Å²) in [4.78, 5) is 51.9. The Bertz CT molecular complexity index is 4620. The highest BCUT2D eigenvalue weighted by atomic mass is 19.1. The first kappa shape index (κ1) is 63.7. The lowest BCUT2D eigenvalue weighted by molar-refractivity contribution is -0.119. The Balaban J connectivity index is 0.000000130. The van der Waals surface area contributed by atoms with Crippen molar-refractivity contribution >= 4 is 56.5 Å². The van der Waals surface area contributed by atoms with Gasteiger partial charge < -0.3 is 44.7 Å². The molecule has 0 unspecified atom stereocenters. The van der Waals surface area contributed by atoms with Crippen LogP contribution in [0.1, 0.15) is 12.8 Å². The van der Waals surface area contributed by atoms with Crippen LogP contribution in [0, 0.1) is 17.5 Å². The van der Waals surface area contributed by atoms with Gasteiger partial charge in [0.1, 0.15) is 58.0 Å². The lowest BCUT2D eigenvalue weighted by atomic mass is 10.1. The average Bonchev–Trinajstić information content (AvgIpc) is 1.11. The van der Waals surface area contributed by atoms with Crippen LogP contribution in [0.2, 0.25) is 0 Å². The maximum absolute atomic E-state index is 13.1. The predicted molar refractivity (Wildman–Crippen MR) is 369 cm³/mol. The van der Waals surface area contributed by atoms with E-state index in [9.17, 15) is 23.1 Å². The van der Waals surface area contributed by atoms with Crippen molar-refractivity contribution in [2.45, 2.75) is 18.9 Å². The molecule has 1 atom stereocenters. The minimum absolute atomic E-state index is 0.178. The molecular weight excluding hydrogens is 1220 g/mol. The number of piperazine rings is 2. The van der Waals surface area contributed by atoms with E-state index in [-0.39, 0.29) is 30.0 Å². The second-order valence-electron chi connectivity index (χ2n) is 23.5. The van der Waals surface area contributed by atoms with Gasteiger partial charge >= 0.3 is 0 Å². The average molecular weight is 1290 g/mol. The van der Waals surface area contributed by atoms with E-state index in [1.54, 1.807) is 36.4 Å².